The molecule has 0 N–H and O–H groups in total. The SMILES string of the molecule is CC1(C)c2ccccc2-c2ccc(-n3c4ccccc4c4c5ccccc5c5c6ccccc6sc5c43)cc21.c1ccc2c(c1)cc(-n1c3ccccc3c3c4ccccc4c4c5ccccc5sc4c31)c1ccccc12.c1ccc2cc3cc(-n4c5ccccc5c5c6ccccc6c6c7ccccc7sc6c54)ccc3cc2c1. The fourth-order valence-electron chi connectivity index (χ4n) is 20.3. The Hall–Kier alpha value is -13.7. The van der Waals surface area contributed by atoms with Gasteiger partial charge in [0.1, 0.15) is 0 Å². The minimum absolute atomic E-state index is 0.0413. The monoisotopic (exact) mass is 1510 g/mol. The third-order valence-electron chi connectivity index (χ3n) is 25.2. The molecule has 3 nitrogen and oxygen atoms in total. The molecule has 6 heteroatoms. The second kappa shape index (κ2) is 24.6. The van der Waals surface area contributed by atoms with Crippen molar-refractivity contribution in [1.82, 2.24) is 13.7 Å². The molecule has 0 atom stereocenters. The van der Waals surface area contributed by atoms with Gasteiger partial charge < -0.3 is 13.7 Å². The summed E-state index contributed by atoms with van der Waals surface area (Å²) in [5.74, 6) is 0. The maximum atomic E-state index is 2.55. The molecule has 20 aromatic carbocycles. The van der Waals surface area contributed by atoms with Crippen LogP contribution in [0.2, 0.25) is 0 Å². The maximum Gasteiger partial charge on any atom is 0.0726 e. The average Bonchev–Trinajstić information content (AvgIpc) is 1.55. The molecule has 0 fully saturated rings. The molecule has 0 saturated heterocycles. The van der Waals surface area contributed by atoms with Crippen molar-refractivity contribution >= 4 is 235 Å². The van der Waals surface area contributed by atoms with Crippen LogP contribution in [-0.4, -0.2) is 13.7 Å². The van der Waals surface area contributed by atoms with Gasteiger partial charge in [-0.1, -0.05) is 305 Å². The van der Waals surface area contributed by atoms with Crippen LogP contribution < -0.4 is 0 Å². The van der Waals surface area contributed by atoms with E-state index in [1.54, 1.807) is 0 Å². The maximum absolute atomic E-state index is 2.55. The molecule has 6 heterocycles. The number of para-hydroxylation sites is 3. The van der Waals surface area contributed by atoms with E-state index in [1.807, 2.05) is 34.0 Å². The highest BCUT2D eigenvalue weighted by atomic mass is 32.1. The van der Waals surface area contributed by atoms with Crippen molar-refractivity contribution in [2.24, 2.45) is 0 Å². The van der Waals surface area contributed by atoms with Gasteiger partial charge in [0.25, 0.3) is 0 Å². The largest absolute Gasteiger partial charge is 0.308 e. The van der Waals surface area contributed by atoms with Crippen molar-refractivity contribution < 1.29 is 0 Å². The van der Waals surface area contributed by atoms with Crippen molar-refractivity contribution in [3.05, 3.63) is 381 Å². The quantitative estimate of drug-likeness (QED) is 0.124. The highest BCUT2D eigenvalue weighted by molar-refractivity contribution is 7.28. The predicted molar refractivity (Wildman–Crippen MR) is 501 cm³/mol. The zero-order valence-corrected chi connectivity index (χ0v) is 65.2. The van der Waals surface area contributed by atoms with Gasteiger partial charge in [-0.25, -0.2) is 0 Å². The molecule has 0 radical (unpaired) electrons. The van der Waals surface area contributed by atoms with Crippen LogP contribution in [0.25, 0.3) is 230 Å². The second-order valence-corrected chi connectivity index (χ2v) is 34.7. The summed E-state index contributed by atoms with van der Waals surface area (Å²) in [7, 11) is 0. The van der Waals surface area contributed by atoms with E-state index in [2.05, 4.69) is 398 Å². The summed E-state index contributed by atoms with van der Waals surface area (Å²) in [5.41, 5.74) is 16.9. The molecule has 0 saturated carbocycles. The van der Waals surface area contributed by atoms with Crippen LogP contribution in [0.5, 0.6) is 0 Å². The van der Waals surface area contributed by atoms with Gasteiger partial charge in [0.15, 0.2) is 0 Å². The summed E-state index contributed by atoms with van der Waals surface area (Å²) < 4.78 is 15.7. The molecule has 0 spiro atoms. The number of nitrogens with zero attached hydrogens (tertiary/aromatic N) is 3. The number of rotatable bonds is 3. The molecule has 26 aromatic rings. The van der Waals surface area contributed by atoms with Crippen LogP contribution in [0.15, 0.2) is 370 Å². The molecule has 536 valence electrons. The molecule has 0 unspecified atom stereocenters. The molecular formula is C109H67N3S3. The average molecular weight is 1510 g/mol. The number of thiophene rings is 3. The molecule has 6 aromatic heterocycles. The van der Waals surface area contributed by atoms with Gasteiger partial charge >= 0.3 is 0 Å². The first kappa shape index (κ1) is 64.9. The van der Waals surface area contributed by atoms with Crippen LogP contribution in [0.4, 0.5) is 0 Å². The third-order valence-corrected chi connectivity index (χ3v) is 28.7. The first-order valence-electron chi connectivity index (χ1n) is 39.7. The van der Waals surface area contributed by atoms with E-state index in [4.69, 9.17) is 0 Å². The molecule has 0 aliphatic heterocycles. The number of aromatic nitrogens is 3. The Morgan fingerprint density at radius 3 is 1.03 bits per heavy atom. The van der Waals surface area contributed by atoms with E-state index in [0.717, 1.165) is 0 Å². The molecular weight excluding hydrogens is 1450 g/mol. The van der Waals surface area contributed by atoms with Crippen LogP contribution in [0.3, 0.4) is 0 Å². The first-order valence-corrected chi connectivity index (χ1v) is 42.2. The van der Waals surface area contributed by atoms with Gasteiger partial charge in [0, 0.05) is 101 Å². The van der Waals surface area contributed by atoms with E-state index in [-0.39, 0.29) is 5.41 Å². The summed E-state index contributed by atoms with van der Waals surface area (Å²) in [6.07, 6.45) is 0. The topological polar surface area (TPSA) is 14.8 Å². The van der Waals surface area contributed by atoms with E-state index in [9.17, 15) is 0 Å². The van der Waals surface area contributed by atoms with Crippen LogP contribution in [-0.2, 0) is 5.41 Å². The van der Waals surface area contributed by atoms with E-state index in [1.165, 1.54) is 241 Å². The highest BCUT2D eigenvalue weighted by Crippen LogP contribution is 2.55. The Balaban J connectivity index is 0.0000000969. The van der Waals surface area contributed by atoms with Gasteiger partial charge in [0.2, 0.25) is 0 Å². The van der Waals surface area contributed by atoms with Crippen LogP contribution >= 0.6 is 34.0 Å². The lowest BCUT2D eigenvalue weighted by Gasteiger charge is -2.22. The number of hydrogen-bond acceptors (Lipinski definition) is 3. The van der Waals surface area contributed by atoms with Gasteiger partial charge in [0.05, 0.1) is 52.9 Å². The fourth-order valence-corrected chi connectivity index (χ4v) is 24.1. The van der Waals surface area contributed by atoms with Gasteiger partial charge in [-0.15, -0.1) is 34.0 Å². The molecule has 27 rings (SSSR count). The summed E-state index contributed by atoms with van der Waals surface area (Å²) in [6, 6.07) is 136. The second-order valence-electron chi connectivity index (χ2n) is 31.6. The molecule has 0 bridgehead atoms. The lowest BCUT2D eigenvalue weighted by atomic mass is 9.82. The van der Waals surface area contributed by atoms with Crippen molar-refractivity contribution in [3.8, 4) is 28.2 Å². The van der Waals surface area contributed by atoms with Gasteiger partial charge in [-0.2, -0.15) is 0 Å². The van der Waals surface area contributed by atoms with Crippen molar-refractivity contribution in [3.63, 3.8) is 0 Å². The van der Waals surface area contributed by atoms with E-state index in [0.29, 0.717) is 0 Å². The molecule has 115 heavy (non-hydrogen) atoms. The summed E-state index contributed by atoms with van der Waals surface area (Å²) in [4.78, 5) is 0. The van der Waals surface area contributed by atoms with E-state index < -0.39 is 0 Å². The summed E-state index contributed by atoms with van der Waals surface area (Å²) >= 11 is 5.76. The summed E-state index contributed by atoms with van der Waals surface area (Å²) in [5, 5.41) is 34.3. The molecule has 0 amide bonds. The highest BCUT2D eigenvalue weighted by Gasteiger charge is 2.36. The molecule has 1 aliphatic carbocycles. The minimum atomic E-state index is -0.0413. The number of fused-ring (bicyclic) bond motifs is 38. The fraction of sp³-hybridized carbons (Fsp3) is 0.0275. The summed E-state index contributed by atoms with van der Waals surface area (Å²) in [6.45, 7) is 4.73. The number of benzene rings is 20. The smallest absolute Gasteiger partial charge is 0.0726 e. The lowest BCUT2D eigenvalue weighted by Crippen LogP contribution is -2.15. The minimum Gasteiger partial charge on any atom is -0.308 e. The zero-order chi connectivity index (χ0) is 75.5. The van der Waals surface area contributed by atoms with Gasteiger partial charge in [-0.3, -0.25) is 0 Å². The van der Waals surface area contributed by atoms with Crippen molar-refractivity contribution in [2.45, 2.75) is 19.3 Å². The third kappa shape index (κ3) is 9.27. The Bertz CT molecular complexity index is 8730. The standard InChI is InChI=1S/C37H25NS.2C36H21NS/c1-37(2)29-16-8-5-11-23(29)24-20-19-22(21-30(24)37)38-31-17-9-6-14-27(31)33-25-12-3-4-13-26(25)34-28-15-7-10-18-32(28)39-36(34)35(33)38;1-2-10-23-20-25-21-26(18-17-24(25)19-22(23)9-1)37-31-15-7-5-13-29(31)33-27-11-3-4-12-28(27)34-30-14-6-8-16-32(30)38-36(34)35(33)37;1-2-12-23-22(11-1)21-31(25-14-4-3-13-24(23)25)37-30-19-9-7-17-28(30)33-26-15-5-6-16-27(26)34-29-18-8-10-20-32(29)38-36(34)35(33)37/h3-21H,1-2H3;2*1-21H. The van der Waals surface area contributed by atoms with Gasteiger partial charge in [-0.05, 0) is 171 Å². The first-order chi connectivity index (χ1) is 56.9. The number of hydrogen-bond donors (Lipinski definition) is 0. The normalized spacial score (nSPS) is 12.9. The van der Waals surface area contributed by atoms with E-state index >= 15 is 0 Å². The van der Waals surface area contributed by atoms with Crippen molar-refractivity contribution in [2.75, 3.05) is 0 Å². The Kier molecular flexibility index (Phi) is 13.9. The predicted octanol–water partition coefficient (Wildman–Crippen LogP) is 31.8. The van der Waals surface area contributed by atoms with Crippen LogP contribution in [0, 0.1) is 0 Å². The Morgan fingerprint density at radius 2 is 0.539 bits per heavy atom. The molecule has 1 aliphatic rings. The Morgan fingerprint density at radius 1 is 0.209 bits per heavy atom. The lowest BCUT2D eigenvalue weighted by molar-refractivity contribution is 0.660. The van der Waals surface area contributed by atoms with Crippen molar-refractivity contribution in [1.29, 1.82) is 0 Å². The van der Waals surface area contributed by atoms with Crippen LogP contribution in [0.1, 0.15) is 25.0 Å². The Labute approximate surface area is 672 Å². The zero-order valence-electron chi connectivity index (χ0n) is 62.8.